The molecule has 0 aromatic heterocycles. The first-order chi connectivity index (χ1) is 10.3. The molecule has 5 nitrogen and oxygen atoms in total. The van der Waals surface area contributed by atoms with E-state index < -0.39 is 0 Å². The predicted octanol–water partition coefficient (Wildman–Crippen LogP) is 2.17. The van der Waals surface area contributed by atoms with Crippen LogP contribution in [0.15, 0.2) is 59.6 Å². The first-order valence-corrected chi connectivity index (χ1v) is 6.78. The molecule has 0 radical (unpaired) electrons. The standard InChI is InChI=1S/C16H20N4O/c1-21-15-9-7-13(8-10-15)11-12-18-16(20-17)19-14-5-3-2-4-6-14/h2-10H,11-12,17H2,1H3,(H2,18,19,20). The Hall–Kier alpha value is -2.53. The lowest BCUT2D eigenvalue weighted by Crippen LogP contribution is -2.36. The SMILES string of the molecule is COc1ccc(CCN=C(NN)Nc2ccccc2)cc1. The Labute approximate surface area is 124 Å². The maximum absolute atomic E-state index is 5.48. The van der Waals surface area contributed by atoms with Gasteiger partial charge < -0.3 is 10.1 Å². The molecule has 4 N–H and O–H groups in total. The summed E-state index contributed by atoms with van der Waals surface area (Å²) in [7, 11) is 1.66. The molecule has 0 bridgehead atoms. The van der Waals surface area contributed by atoms with Crippen LogP contribution < -0.4 is 21.3 Å². The minimum Gasteiger partial charge on any atom is -0.497 e. The van der Waals surface area contributed by atoms with Crippen molar-refractivity contribution in [3.8, 4) is 5.75 Å². The van der Waals surface area contributed by atoms with Crippen LogP contribution in [0, 0.1) is 0 Å². The lowest BCUT2D eigenvalue weighted by Gasteiger charge is -2.09. The van der Waals surface area contributed by atoms with Gasteiger partial charge in [0.15, 0.2) is 0 Å². The number of hydrogen-bond acceptors (Lipinski definition) is 3. The highest BCUT2D eigenvalue weighted by Crippen LogP contribution is 2.11. The van der Waals surface area contributed by atoms with Gasteiger partial charge in [-0.15, -0.1) is 0 Å². The van der Waals surface area contributed by atoms with E-state index in [4.69, 9.17) is 10.6 Å². The Balaban J connectivity index is 1.88. The summed E-state index contributed by atoms with van der Waals surface area (Å²) in [6.45, 7) is 0.645. The summed E-state index contributed by atoms with van der Waals surface area (Å²) in [5.41, 5.74) is 4.72. The van der Waals surface area contributed by atoms with Crippen LogP contribution in [0.2, 0.25) is 0 Å². The largest absolute Gasteiger partial charge is 0.497 e. The third-order valence-electron chi connectivity index (χ3n) is 3.00. The van der Waals surface area contributed by atoms with Gasteiger partial charge in [0.25, 0.3) is 0 Å². The van der Waals surface area contributed by atoms with Gasteiger partial charge in [0.05, 0.1) is 7.11 Å². The molecular formula is C16H20N4O. The van der Waals surface area contributed by atoms with Gasteiger partial charge in [0.1, 0.15) is 5.75 Å². The second-order valence-electron chi connectivity index (χ2n) is 4.46. The number of hydrazine groups is 1. The van der Waals surface area contributed by atoms with E-state index in [1.807, 2.05) is 54.6 Å². The summed E-state index contributed by atoms with van der Waals surface area (Å²) >= 11 is 0. The predicted molar refractivity (Wildman–Crippen MR) is 86.4 cm³/mol. The summed E-state index contributed by atoms with van der Waals surface area (Å²) in [4.78, 5) is 4.41. The van der Waals surface area contributed by atoms with Crippen LogP contribution in [-0.4, -0.2) is 19.6 Å². The molecule has 110 valence electrons. The monoisotopic (exact) mass is 284 g/mol. The summed E-state index contributed by atoms with van der Waals surface area (Å²) in [5.74, 6) is 6.89. The average molecular weight is 284 g/mol. The van der Waals surface area contributed by atoms with Crippen LogP contribution in [0.1, 0.15) is 5.56 Å². The van der Waals surface area contributed by atoms with Crippen molar-refractivity contribution in [1.82, 2.24) is 5.43 Å². The van der Waals surface area contributed by atoms with Crippen molar-refractivity contribution in [2.45, 2.75) is 6.42 Å². The highest BCUT2D eigenvalue weighted by molar-refractivity contribution is 5.93. The van der Waals surface area contributed by atoms with E-state index in [1.54, 1.807) is 7.11 Å². The van der Waals surface area contributed by atoms with Crippen LogP contribution in [-0.2, 0) is 6.42 Å². The maximum atomic E-state index is 5.48. The van der Waals surface area contributed by atoms with Gasteiger partial charge in [-0.3, -0.25) is 10.4 Å². The minimum absolute atomic E-state index is 0.551. The summed E-state index contributed by atoms with van der Waals surface area (Å²) in [6, 6.07) is 17.7. The van der Waals surface area contributed by atoms with Crippen molar-refractivity contribution >= 4 is 11.6 Å². The van der Waals surface area contributed by atoms with Gasteiger partial charge in [-0.2, -0.15) is 0 Å². The zero-order valence-corrected chi connectivity index (χ0v) is 12.0. The van der Waals surface area contributed by atoms with Gasteiger partial charge in [-0.1, -0.05) is 30.3 Å². The number of nitrogens with two attached hydrogens (primary N) is 1. The van der Waals surface area contributed by atoms with Crippen LogP contribution in [0.25, 0.3) is 0 Å². The normalized spacial score (nSPS) is 11.0. The third kappa shape index (κ3) is 4.81. The first-order valence-electron chi connectivity index (χ1n) is 6.78. The van der Waals surface area contributed by atoms with Gasteiger partial charge in [-0.25, -0.2) is 5.84 Å². The van der Waals surface area contributed by atoms with Crippen LogP contribution in [0.3, 0.4) is 0 Å². The van der Waals surface area contributed by atoms with Crippen LogP contribution in [0.5, 0.6) is 5.75 Å². The Kier molecular flexibility index (Phi) is 5.60. The number of nitrogens with one attached hydrogen (secondary N) is 2. The van der Waals surface area contributed by atoms with Crippen molar-refractivity contribution < 1.29 is 4.74 Å². The third-order valence-corrected chi connectivity index (χ3v) is 3.00. The fourth-order valence-electron chi connectivity index (χ4n) is 1.87. The molecule has 5 heteroatoms. The highest BCUT2D eigenvalue weighted by atomic mass is 16.5. The number of guanidine groups is 1. The molecule has 2 rings (SSSR count). The summed E-state index contributed by atoms with van der Waals surface area (Å²) in [5, 5.41) is 3.13. The molecule has 0 aliphatic heterocycles. The zero-order chi connectivity index (χ0) is 14.9. The minimum atomic E-state index is 0.551. The molecule has 0 atom stereocenters. The molecule has 0 heterocycles. The van der Waals surface area contributed by atoms with E-state index >= 15 is 0 Å². The topological polar surface area (TPSA) is 71.7 Å². The van der Waals surface area contributed by atoms with Gasteiger partial charge >= 0.3 is 0 Å². The molecule has 2 aromatic rings. The molecule has 0 saturated heterocycles. The van der Waals surface area contributed by atoms with Crippen molar-refractivity contribution in [2.75, 3.05) is 19.0 Å². The maximum Gasteiger partial charge on any atom is 0.210 e. The molecule has 21 heavy (non-hydrogen) atoms. The molecule has 0 aliphatic carbocycles. The zero-order valence-electron chi connectivity index (χ0n) is 12.0. The van der Waals surface area contributed by atoms with E-state index in [-0.39, 0.29) is 0 Å². The van der Waals surface area contributed by atoms with Gasteiger partial charge in [-0.05, 0) is 36.2 Å². The Morgan fingerprint density at radius 1 is 1.10 bits per heavy atom. The number of benzene rings is 2. The highest BCUT2D eigenvalue weighted by Gasteiger charge is 1.98. The smallest absolute Gasteiger partial charge is 0.210 e. The molecule has 0 unspecified atom stereocenters. The Bertz CT molecular complexity index is 567. The number of anilines is 1. The number of nitrogens with zero attached hydrogens (tertiary/aromatic N) is 1. The Morgan fingerprint density at radius 2 is 1.81 bits per heavy atom. The lowest BCUT2D eigenvalue weighted by molar-refractivity contribution is 0.414. The van der Waals surface area contributed by atoms with Crippen molar-refractivity contribution in [3.05, 3.63) is 60.2 Å². The molecular weight excluding hydrogens is 264 g/mol. The van der Waals surface area contributed by atoms with Gasteiger partial charge in [0, 0.05) is 12.2 Å². The molecule has 0 amide bonds. The first kappa shape index (κ1) is 14.9. The second kappa shape index (κ2) is 7.91. The fourth-order valence-corrected chi connectivity index (χ4v) is 1.87. The van der Waals surface area contributed by atoms with Crippen molar-refractivity contribution in [1.29, 1.82) is 0 Å². The number of aliphatic imine (C=N–C) groups is 1. The van der Waals surface area contributed by atoms with E-state index in [2.05, 4.69) is 15.7 Å². The number of para-hydroxylation sites is 1. The van der Waals surface area contributed by atoms with Crippen molar-refractivity contribution in [2.24, 2.45) is 10.8 Å². The fraction of sp³-hybridized carbons (Fsp3) is 0.188. The number of rotatable bonds is 5. The molecule has 2 aromatic carbocycles. The van der Waals surface area contributed by atoms with E-state index in [0.717, 1.165) is 17.9 Å². The molecule has 0 fully saturated rings. The van der Waals surface area contributed by atoms with E-state index in [1.165, 1.54) is 5.56 Å². The summed E-state index contributed by atoms with van der Waals surface area (Å²) in [6.07, 6.45) is 0.839. The van der Waals surface area contributed by atoms with Crippen molar-refractivity contribution in [3.63, 3.8) is 0 Å². The quantitative estimate of drug-likeness (QED) is 0.340. The van der Waals surface area contributed by atoms with E-state index in [9.17, 15) is 0 Å². The number of methoxy groups -OCH3 is 1. The van der Waals surface area contributed by atoms with Crippen LogP contribution in [0.4, 0.5) is 5.69 Å². The molecule has 0 spiro atoms. The average Bonchev–Trinajstić information content (AvgIpc) is 2.55. The Morgan fingerprint density at radius 3 is 2.43 bits per heavy atom. The molecule has 0 aliphatic rings. The van der Waals surface area contributed by atoms with Crippen LogP contribution >= 0.6 is 0 Å². The lowest BCUT2D eigenvalue weighted by atomic mass is 10.1. The molecule has 0 saturated carbocycles. The number of ether oxygens (including phenoxy) is 1. The summed E-state index contributed by atoms with van der Waals surface area (Å²) < 4.78 is 5.13. The van der Waals surface area contributed by atoms with Gasteiger partial charge in [0.2, 0.25) is 5.96 Å². The second-order valence-corrected chi connectivity index (χ2v) is 4.46. The number of hydrogen-bond donors (Lipinski definition) is 3. The van der Waals surface area contributed by atoms with E-state index in [0.29, 0.717) is 12.5 Å².